The number of alkyl carbamates (subject to hydrolysis) is 1. The van der Waals surface area contributed by atoms with Gasteiger partial charge in [0.15, 0.2) is 0 Å². The van der Waals surface area contributed by atoms with Crippen molar-refractivity contribution < 1.29 is 28.6 Å². The third-order valence-electron chi connectivity index (χ3n) is 5.17. The van der Waals surface area contributed by atoms with Gasteiger partial charge in [0.05, 0.1) is 5.56 Å². The molecule has 7 nitrogen and oxygen atoms in total. The van der Waals surface area contributed by atoms with Crippen LogP contribution >= 0.6 is 0 Å². The fourth-order valence-corrected chi connectivity index (χ4v) is 3.79. The van der Waals surface area contributed by atoms with Crippen LogP contribution in [-0.2, 0) is 9.53 Å². The number of nitrogens with one attached hydrogen (secondary N) is 2. The summed E-state index contributed by atoms with van der Waals surface area (Å²) in [7, 11) is 0. The molecule has 3 N–H and O–H groups in total. The standard InChI is InChI=1S/C24H19FN2O5/c25-15-9-14(23(29)30)10-16(11-15)27-22(28)12-26-24(31)32-13-21-19-7-3-1-5-17(19)18-6-2-4-8-20(18)21/h1-11,21H,12-13H2,(H,26,31)(H,27,28)(H,29,30). The molecule has 0 unspecified atom stereocenters. The topological polar surface area (TPSA) is 105 Å². The fraction of sp³-hybridized carbons (Fsp3) is 0.125. The Morgan fingerprint density at radius 2 is 1.56 bits per heavy atom. The van der Waals surface area contributed by atoms with Gasteiger partial charge >= 0.3 is 12.1 Å². The van der Waals surface area contributed by atoms with Crippen LogP contribution in [0.2, 0.25) is 0 Å². The van der Waals surface area contributed by atoms with Gasteiger partial charge in [-0.25, -0.2) is 14.0 Å². The highest BCUT2D eigenvalue weighted by Gasteiger charge is 2.29. The maximum atomic E-state index is 13.5. The Balaban J connectivity index is 1.32. The zero-order valence-corrected chi connectivity index (χ0v) is 16.8. The van der Waals surface area contributed by atoms with E-state index in [-0.39, 0.29) is 23.8 Å². The number of carboxylic acid groups (broad SMARTS) is 1. The largest absolute Gasteiger partial charge is 0.478 e. The maximum absolute atomic E-state index is 13.5. The molecule has 0 spiro atoms. The molecule has 0 atom stereocenters. The number of hydrogen-bond acceptors (Lipinski definition) is 4. The number of rotatable bonds is 6. The molecular weight excluding hydrogens is 415 g/mol. The predicted molar refractivity (Wildman–Crippen MR) is 115 cm³/mol. The SMILES string of the molecule is O=C(CNC(=O)OCC1c2ccccc2-c2ccccc21)Nc1cc(F)cc(C(=O)O)c1. The van der Waals surface area contributed by atoms with E-state index in [1.807, 2.05) is 48.5 Å². The molecule has 0 saturated carbocycles. The van der Waals surface area contributed by atoms with Crippen molar-refractivity contribution in [3.05, 3.63) is 89.2 Å². The van der Waals surface area contributed by atoms with E-state index in [9.17, 15) is 18.8 Å². The second-order valence-corrected chi connectivity index (χ2v) is 7.26. The molecule has 0 aliphatic heterocycles. The van der Waals surface area contributed by atoms with Gasteiger partial charge in [0.25, 0.3) is 0 Å². The molecule has 3 aromatic rings. The lowest BCUT2D eigenvalue weighted by Crippen LogP contribution is -2.34. The zero-order valence-electron chi connectivity index (χ0n) is 16.8. The molecule has 3 aromatic carbocycles. The summed E-state index contributed by atoms with van der Waals surface area (Å²) in [6, 6.07) is 18.8. The Labute approximate surface area is 182 Å². The normalized spacial score (nSPS) is 11.9. The van der Waals surface area contributed by atoms with Gasteiger partial charge in [-0.3, -0.25) is 4.79 Å². The summed E-state index contributed by atoms with van der Waals surface area (Å²) in [6.45, 7) is -0.317. The van der Waals surface area contributed by atoms with Gasteiger partial charge in [-0.05, 0) is 40.5 Å². The molecular formula is C24H19FN2O5. The number of aromatic carboxylic acids is 1. The Hall–Kier alpha value is -4.20. The minimum Gasteiger partial charge on any atom is -0.478 e. The Bertz CT molecular complexity index is 1160. The first-order chi connectivity index (χ1) is 15.4. The number of fused-ring (bicyclic) bond motifs is 3. The number of ether oxygens (including phenoxy) is 1. The summed E-state index contributed by atoms with van der Waals surface area (Å²) in [5, 5.41) is 13.6. The van der Waals surface area contributed by atoms with E-state index in [1.165, 1.54) is 0 Å². The monoisotopic (exact) mass is 434 g/mol. The van der Waals surface area contributed by atoms with Crippen molar-refractivity contribution in [3.8, 4) is 11.1 Å². The minimum atomic E-state index is -1.32. The third kappa shape index (κ3) is 4.44. The van der Waals surface area contributed by atoms with Gasteiger partial charge in [0.1, 0.15) is 19.0 Å². The second-order valence-electron chi connectivity index (χ2n) is 7.26. The smallest absolute Gasteiger partial charge is 0.407 e. The first kappa shape index (κ1) is 21.0. The van der Waals surface area contributed by atoms with Crippen molar-refractivity contribution in [3.63, 3.8) is 0 Å². The molecule has 162 valence electrons. The van der Waals surface area contributed by atoms with Crippen molar-refractivity contribution in [2.24, 2.45) is 0 Å². The summed E-state index contributed by atoms with van der Waals surface area (Å²) >= 11 is 0. The van der Waals surface area contributed by atoms with E-state index < -0.39 is 30.3 Å². The van der Waals surface area contributed by atoms with E-state index in [0.717, 1.165) is 40.5 Å². The molecule has 1 aliphatic rings. The highest BCUT2D eigenvalue weighted by Crippen LogP contribution is 2.44. The third-order valence-corrected chi connectivity index (χ3v) is 5.17. The van der Waals surface area contributed by atoms with Crippen LogP contribution in [0.15, 0.2) is 66.7 Å². The minimum absolute atomic E-state index is 0.0262. The molecule has 4 rings (SSSR count). The Kier molecular flexibility index (Phi) is 5.85. The van der Waals surface area contributed by atoms with Gasteiger partial charge in [-0.2, -0.15) is 0 Å². The van der Waals surface area contributed by atoms with Crippen LogP contribution in [0, 0.1) is 5.82 Å². The molecule has 0 saturated heterocycles. The highest BCUT2D eigenvalue weighted by atomic mass is 19.1. The summed E-state index contributed by atoms with van der Waals surface area (Å²) in [5.41, 5.74) is 4.02. The quantitative estimate of drug-likeness (QED) is 0.544. The summed E-state index contributed by atoms with van der Waals surface area (Å²) in [4.78, 5) is 35.2. The molecule has 1 aliphatic carbocycles. The van der Waals surface area contributed by atoms with Crippen molar-refractivity contribution in [1.82, 2.24) is 5.32 Å². The molecule has 2 amide bonds. The molecule has 32 heavy (non-hydrogen) atoms. The number of carboxylic acids is 1. The van der Waals surface area contributed by atoms with Crippen LogP contribution < -0.4 is 10.6 Å². The van der Waals surface area contributed by atoms with Gasteiger partial charge < -0.3 is 20.5 Å². The van der Waals surface area contributed by atoms with E-state index in [0.29, 0.717) is 0 Å². The number of benzene rings is 3. The molecule has 0 heterocycles. The molecule has 0 aromatic heterocycles. The fourth-order valence-electron chi connectivity index (χ4n) is 3.79. The zero-order chi connectivity index (χ0) is 22.7. The predicted octanol–water partition coefficient (Wildman–Crippen LogP) is 4.00. The Morgan fingerprint density at radius 1 is 0.938 bits per heavy atom. The van der Waals surface area contributed by atoms with Gasteiger partial charge in [-0.15, -0.1) is 0 Å². The average molecular weight is 434 g/mol. The number of carbonyl (C=O) groups is 3. The van der Waals surface area contributed by atoms with Crippen molar-refractivity contribution >= 4 is 23.7 Å². The lowest BCUT2D eigenvalue weighted by Gasteiger charge is -2.14. The van der Waals surface area contributed by atoms with E-state index in [4.69, 9.17) is 9.84 Å². The average Bonchev–Trinajstić information content (AvgIpc) is 3.09. The first-order valence-electron chi connectivity index (χ1n) is 9.85. The molecule has 0 radical (unpaired) electrons. The summed E-state index contributed by atoms with van der Waals surface area (Å²) in [6.07, 6.45) is -0.771. The van der Waals surface area contributed by atoms with E-state index in [2.05, 4.69) is 10.6 Å². The summed E-state index contributed by atoms with van der Waals surface area (Å²) in [5.74, 6) is -2.88. The van der Waals surface area contributed by atoms with Gasteiger partial charge in [-0.1, -0.05) is 48.5 Å². The van der Waals surface area contributed by atoms with Crippen molar-refractivity contribution in [1.29, 1.82) is 0 Å². The Morgan fingerprint density at radius 3 is 2.19 bits per heavy atom. The van der Waals surface area contributed by atoms with Crippen LogP contribution in [0.1, 0.15) is 27.4 Å². The molecule has 8 heteroatoms. The van der Waals surface area contributed by atoms with Crippen LogP contribution in [-0.4, -0.2) is 36.2 Å². The number of anilines is 1. The maximum Gasteiger partial charge on any atom is 0.407 e. The van der Waals surface area contributed by atoms with Crippen molar-refractivity contribution in [2.75, 3.05) is 18.5 Å². The first-order valence-corrected chi connectivity index (χ1v) is 9.85. The van der Waals surface area contributed by atoms with E-state index >= 15 is 0 Å². The number of hydrogen-bond donors (Lipinski definition) is 3. The van der Waals surface area contributed by atoms with Gasteiger partial charge in [0.2, 0.25) is 5.91 Å². The molecule has 0 fully saturated rings. The highest BCUT2D eigenvalue weighted by molar-refractivity contribution is 5.95. The van der Waals surface area contributed by atoms with Crippen LogP contribution in [0.5, 0.6) is 0 Å². The summed E-state index contributed by atoms with van der Waals surface area (Å²) < 4.78 is 18.8. The van der Waals surface area contributed by atoms with Crippen LogP contribution in [0.25, 0.3) is 11.1 Å². The van der Waals surface area contributed by atoms with E-state index in [1.54, 1.807) is 0 Å². The number of halogens is 1. The lowest BCUT2D eigenvalue weighted by atomic mass is 9.98. The second kappa shape index (κ2) is 8.89. The van der Waals surface area contributed by atoms with Crippen molar-refractivity contribution in [2.45, 2.75) is 5.92 Å². The lowest BCUT2D eigenvalue weighted by molar-refractivity contribution is -0.115. The van der Waals surface area contributed by atoms with Crippen LogP contribution in [0.3, 0.4) is 0 Å². The van der Waals surface area contributed by atoms with Gasteiger partial charge in [0, 0.05) is 11.6 Å². The number of amides is 2. The molecule has 0 bridgehead atoms. The number of carbonyl (C=O) groups excluding carboxylic acids is 2. The van der Waals surface area contributed by atoms with Crippen LogP contribution in [0.4, 0.5) is 14.9 Å².